The number of hydrogen-bond donors (Lipinski definition) is 1. The van der Waals surface area contributed by atoms with Crippen LogP contribution < -0.4 is 5.32 Å². The number of rotatable bonds is 5. The molecule has 1 atom stereocenters. The number of aryl methyl sites for hydroxylation is 1. The van der Waals surface area contributed by atoms with Crippen molar-refractivity contribution in [1.82, 2.24) is 5.32 Å². The van der Waals surface area contributed by atoms with Crippen LogP contribution in [-0.2, 0) is 0 Å². The maximum atomic E-state index is 3.57. The molecule has 1 unspecified atom stereocenters. The summed E-state index contributed by atoms with van der Waals surface area (Å²) in [6.45, 7) is 7.70. The van der Waals surface area contributed by atoms with Gasteiger partial charge in [0.1, 0.15) is 0 Å². The van der Waals surface area contributed by atoms with E-state index < -0.39 is 0 Å². The summed E-state index contributed by atoms with van der Waals surface area (Å²) in [5.74, 6) is 0. The van der Waals surface area contributed by atoms with Crippen LogP contribution in [0.15, 0.2) is 10.5 Å². The van der Waals surface area contributed by atoms with Crippen LogP contribution in [0.1, 0.15) is 42.5 Å². The fraction of sp³-hybridized carbons (Fsp3) is 0.636. The van der Waals surface area contributed by atoms with E-state index in [1.165, 1.54) is 20.6 Å². The van der Waals surface area contributed by atoms with Gasteiger partial charge < -0.3 is 5.32 Å². The maximum absolute atomic E-state index is 3.57. The summed E-state index contributed by atoms with van der Waals surface area (Å²) >= 11 is 5.45. The van der Waals surface area contributed by atoms with E-state index in [1.807, 2.05) is 11.3 Å². The minimum Gasteiger partial charge on any atom is -0.309 e. The van der Waals surface area contributed by atoms with Gasteiger partial charge in [-0.05, 0) is 48.3 Å². The van der Waals surface area contributed by atoms with Crippen molar-refractivity contribution < 1.29 is 0 Å². The molecule has 0 radical (unpaired) electrons. The van der Waals surface area contributed by atoms with Crippen LogP contribution in [0.5, 0.6) is 0 Å². The first-order valence-electron chi connectivity index (χ1n) is 5.18. The monoisotopic (exact) mass is 275 g/mol. The molecule has 80 valence electrons. The lowest BCUT2D eigenvalue weighted by Crippen LogP contribution is -2.20. The van der Waals surface area contributed by atoms with Gasteiger partial charge in [-0.15, -0.1) is 11.3 Å². The first-order chi connectivity index (χ1) is 6.69. The Hall–Kier alpha value is 0.140. The highest BCUT2D eigenvalue weighted by molar-refractivity contribution is 9.10. The molecule has 1 N–H and O–H groups in total. The molecular formula is C11H18BrNS. The lowest BCUT2D eigenvalue weighted by Gasteiger charge is -2.14. The molecule has 14 heavy (non-hydrogen) atoms. The van der Waals surface area contributed by atoms with Gasteiger partial charge in [0, 0.05) is 20.3 Å². The summed E-state index contributed by atoms with van der Waals surface area (Å²) in [6.07, 6.45) is 2.36. The maximum Gasteiger partial charge on any atom is 0.0412 e. The number of thiophene rings is 1. The minimum absolute atomic E-state index is 0.532. The van der Waals surface area contributed by atoms with Crippen molar-refractivity contribution in [2.45, 2.75) is 39.7 Å². The average Bonchev–Trinajstić information content (AvgIpc) is 2.48. The smallest absolute Gasteiger partial charge is 0.0412 e. The van der Waals surface area contributed by atoms with Crippen molar-refractivity contribution in [2.24, 2.45) is 0 Å². The number of nitrogens with one attached hydrogen (secondary N) is 1. The van der Waals surface area contributed by atoms with Crippen molar-refractivity contribution in [3.63, 3.8) is 0 Å². The molecule has 1 heterocycles. The first-order valence-corrected chi connectivity index (χ1v) is 6.79. The normalized spacial score (nSPS) is 13.1. The molecule has 1 rings (SSSR count). The van der Waals surface area contributed by atoms with Crippen molar-refractivity contribution in [1.29, 1.82) is 0 Å². The van der Waals surface area contributed by atoms with E-state index in [2.05, 4.69) is 48.1 Å². The van der Waals surface area contributed by atoms with Gasteiger partial charge in [0.25, 0.3) is 0 Å². The minimum atomic E-state index is 0.532. The molecule has 0 fully saturated rings. The molecule has 0 saturated carbocycles. The van der Waals surface area contributed by atoms with E-state index in [1.54, 1.807) is 0 Å². The Labute approximate surface area is 99.0 Å². The van der Waals surface area contributed by atoms with E-state index >= 15 is 0 Å². The topological polar surface area (TPSA) is 12.0 Å². The zero-order valence-corrected chi connectivity index (χ0v) is 11.5. The van der Waals surface area contributed by atoms with E-state index in [9.17, 15) is 0 Å². The molecule has 0 spiro atoms. The molecule has 0 aliphatic heterocycles. The van der Waals surface area contributed by atoms with Gasteiger partial charge in [-0.2, -0.15) is 0 Å². The molecular weight excluding hydrogens is 258 g/mol. The Bertz CT molecular complexity index is 263. The summed E-state index contributed by atoms with van der Waals surface area (Å²) in [4.78, 5) is 2.82. The molecule has 0 aliphatic carbocycles. The van der Waals surface area contributed by atoms with Gasteiger partial charge in [0.2, 0.25) is 0 Å². The summed E-state index contributed by atoms with van der Waals surface area (Å²) in [5.41, 5.74) is 0. The van der Waals surface area contributed by atoms with Crippen LogP contribution in [0.3, 0.4) is 0 Å². The standard InChI is InChI=1S/C11H18BrNS/c1-4-6-13-10(5-2)11-7-9(12)8(3)14-11/h7,10,13H,4-6H2,1-3H3. The second-order valence-corrected chi connectivity index (χ2v) is 5.61. The predicted molar refractivity (Wildman–Crippen MR) is 68.1 cm³/mol. The largest absolute Gasteiger partial charge is 0.309 e. The summed E-state index contributed by atoms with van der Waals surface area (Å²) < 4.78 is 1.24. The van der Waals surface area contributed by atoms with Crippen LogP contribution in [0.25, 0.3) is 0 Å². The van der Waals surface area contributed by atoms with E-state index in [0.29, 0.717) is 6.04 Å². The Morgan fingerprint density at radius 1 is 1.50 bits per heavy atom. The zero-order chi connectivity index (χ0) is 10.6. The predicted octanol–water partition coefficient (Wildman–Crippen LogP) is 4.27. The lowest BCUT2D eigenvalue weighted by molar-refractivity contribution is 0.525. The van der Waals surface area contributed by atoms with Crippen LogP contribution in [0.2, 0.25) is 0 Å². The average molecular weight is 276 g/mol. The Morgan fingerprint density at radius 2 is 2.21 bits per heavy atom. The SMILES string of the molecule is CCCNC(CC)c1cc(Br)c(C)s1. The van der Waals surface area contributed by atoms with Gasteiger partial charge in [-0.1, -0.05) is 13.8 Å². The number of halogens is 1. The van der Waals surface area contributed by atoms with Gasteiger partial charge in [0.05, 0.1) is 0 Å². The fourth-order valence-corrected chi connectivity index (χ4v) is 3.14. The van der Waals surface area contributed by atoms with Crippen LogP contribution in [0.4, 0.5) is 0 Å². The Balaban J connectivity index is 2.68. The highest BCUT2D eigenvalue weighted by Crippen LogP contribution is 2.31. The number of hydrogen-bond acceptors (Lipinski definition) is 2. The highest BCUT2D eigenvalue weighted by Gasteiger charge is 2.12. The van der Waals surface area contributed by atoms with E-state index in [0.717, 1.165) is 13.0 Å². The van der Waals surface area contributed by atoms with E-state index in [4.69, 9.17) is 0 Å². The highest BCUT2D eigenvalue weighted by atomic mass is 79.9. The molecule has 0 amide bonds. The summed E-state index contributed by atoms with van der Waals surface area (Å²) in [6, 6.07) is 2.78. The molecule has 3 heteroatoms. The molecule has 1 aromatic rings. The van der Waals surface area contributed by atoms with Crippen molar-refractivity contribution >= 4 is 27.3 Å². The Kier molecular flexibility index (Phi) is 5.13. The summed E-state index contributed by atoms with van der Waals surface area (Å²) in [7, 11) is 0. The molecule has 0 aliphatic rings. The second-order valence-electron chi connectivity index (χ2n) is 3.47. The van der Waals surface area contributed by atoms with Crippen molar-refractivity contribution in [3.05, 3.63) is 20.3 Å². The zero-order valence-electron chi connectivity index (χ0n) is 9.06. The molecule has 0 saturated heterocycles. The van der Waals surface area contributed by atoms with Gasteiger partial charge in [-0.3, -0.25) is 0 Å². The van der Waals surface area contributed by atoms with Crippen molar-refractivity contribution in [2.75, 3.05) is 6.54 Å². The van der Waals surface area contributed by atoms with Gasteiger partial charge in [0.15, 0.2) is 0 Å². The lowest BCUT2D eigenvalue weighted by atomic mass is 10.2. The molecule has 0 bridgehead atoms. The second kappa shape index (κ2) is 5.89. The molecule has 0 aromatic carbocycles. The van der Waals surface area contributed by atoms with Crippen LogP contribution in [0, 0.1) is 6.92 Å². The van der Waals surface area contributed by atoms with E-state index in [-0.39, 0.29) is 0 Å². The Morgan fingerprint density at radius 3 is 2.64 bits per heavy atom. The third kappa shape index (κ3) is 3.07. The fourth-order valence-electron chi connectivity index (χ4n) is 1.42. The third-order valence-electron chi connectivity index (χ3n) is 2.27. The van der Waals surface area contributed by atoms with Gasteiger partial charge in [-0.25, -0.2) is 0 Å². The third-order valence-corrected chi connectivity index (χ3v) is 4.52. The van der Waals surface area contributed by atoms with Gasteiger partial charge >= 0.3 is 0 Å². The quantitative estimate of drug-likeness (QED) is 0.846. The molecule has 1 aromatic heterocycles. The van der Waals surface area contributed by atoms with Crippen LogP contribution in [-0.4, -0.2) is 6.54 Å². The van der Waals surface area contributed by atoms with Crippen molar-refractivity contribution in [3.8, 4) is 0 Å². The first kappa shape index (κ1) is 12.2. The summed E-state index contributed by atoms with van der Waals surface area (Å²) in [5, 5.41) is 3.57. The molecule has 1 nitrogen and oxygen atoms in total. The van der Waals surface area contributed by atoms with Crippen LogP contribution >= 0.6 is 27.3 Å².